The molecule has 1 aliphatic carbocycles. The molecule has 64 valence electrons. The van der Waals surface area contributed by atoms with Crippen molar-refractivity contribution in [1.29, 1.82) is 0 Å². The molecule has 2 heteroatoms. The predicted octanol–water partition coefficient (Wildman–Crippen LogP) is 2.94. The van der Waals surface area contributed by atoms with Gasteiger partial charge in [0.25, 0.3) is 0 Å². The van der Waals surface area contributed by atoms with Crippen LogP contribution < -0.4 is 0 Å². The van der Waals surface area contributed by atoms with E-state index in [-0.39, 0.29) is 0 Å². The number of hydrogen-bond acceptors (Lipinski definition) is 1. The summed E-state index contributed by atoms with van der Waals surface area (Å²) < 4.78 is 12.0. The van der Waals surface area contributed by atoms with E-state index in [0.29, 0.717) is 5.66 Å². The van der Waals surface area contributed by atoms with Gasteiger partial charge in [-0.15, -0.1) is 0 Å². The second kappa shape index (κ2) is 2.62. The number of fused-ring (bicyclic) bond motifs is 1. The van der Waals surface area contributed by atoms with E-state index in [2.05, 4.69) is 0 Å². The van der Waals surface area contributed by atoms with Crippen LogP contribution in [-0.4, -0.2) is 18.5 Å². The Morgan fingerprint density at radius 2 is 1.91 bits per heavy atom. The van der Waals surface area contributed by atoms with Gasteiger partial charge in [0.1, 0.15) is 0 Å². The van der Waals surface area contributed by atoms with Gasteiger partial charge < -0.3 is 4.57 Å². The Balaban J connectivity index is 2.17. The molecule has 0 aromatic rings. The van der Waals surface area contributed by atoms with Gasteiger partial charge in [-0.3, -0.25) is 0 Å². The molecule has 0 unspecified atom stereocenters. The van der Waals surface area contributed by atoms with Crippen LogP contribution in [0.5, 0.6) is 0 Å². The average molecular weight is 172 g/mol. The lowest BCUT2D eigenvalue weighted by molar-refractivity contribution is 0.372. The molecule has 0 aromatic heterocycles. The molecule has 2 aliphatic rings. The van der Waals surface area contributed by atoms with Gasteiger partial charge in [-0.1, -0.05) is 12.8 Å². The van der Waals surface area contributed by atoms with E-state index in [4.69, 9.17) is 0 Å². The minimum absolute atomic E-state index is 0.635. The van der Waals surface area contributed by atoms with Crippen molar-refractivity contribution in [1.82, 2.24) is 0 Å². The lowest BCUT2D eigenvalue weighted by atomic mass is 9.87. The van der Waals surface area contributed by atoms with Crippen LogP contribution in [0.2, 0.25) is 0 Å². The van der Waals surface area contributed by atoms with Crippen LogP contribution in [0.4, 0.5) is 0 Å². The molecule has 0 N–H and O–H groups in total. The number of hydrogen-bond donors (Lipinski definition) is 0. The lowest BCUT2D eigenvalue weighted by Gasteiger charge is -2.27. The Kier molecular flexibility index (Phi) is 1.87. The van der Waals surface area contributed by atoms with Crippen LogP contribution in [0.25, 0.3) is 0 Å². The van der Waals surface area contributed by atoms with Crippen LogP contribution in [0, 0.1) is 5.92 Å². The molecule has 3 atom stereocenters. The lowest BCUT2D eigenvalue weighted by Crippen LogP contribution is -2.18. The third kappa shape index (κ3) is 1.28. The van der Waals surface area contributed by atoms with E-state index in [1.54, 1.807) is 0 Å². The minimum atomic E-state index is -1.67. The molecule has 0 bridgehead atoms. The Bertz CT molecular complexity index is 200. The van der Waals surface area contributed by atoms with Crippen molar-refractivity contribution in [3.05, 3.63) is 0 Å². The van der Waals surface area contributed by atoms with E-state index < -0.39 is 7.14 Å². The highest BCUT2D eigenvalue weighted by Gasteiger charge is 2.41. The molecule has 0 aromatic carbocycles. The van der Waals surface area contributed by atoms with Crippen molar-refractivity contribution in [3.63, 3.8) is 0 Å². The van der Waals surface area contributed by atoms with Crippen molar-refractivity contribution in [3.8, 4) is 0 Å². The highest BCUT2D eigenvalue weighted by Crippen LogP contribution is 2.61. The third-order valence-corrected chi connectivity index (χ3v) is 6.74. The van der Waals surface area contributed by atoms with E-state index in [0.717, 1.165) is 12.1 Å². The molecule has 0 amide bonds. The molecule has 1 heterocycles. The van der Waals surface area contributed by atoms with Gasteiger partial charge in [-0.05, 0) is 31.8 Å². The van der Waals surface area contributed by atoms with Gasteiger partial charge in [0.15, 0.2) is 0 Å². The normalized spacial score (nSPS) is 50.6. The highest BCUT2D eigenvalue weighted by molar-refractivity contribution is 7.64. The molecule has 2 fully saturated rings. The van der Waals surface area contributed by atoms with Crippen molar-refractivity contribution >= 4 is 7.14 Å². The molecular weight excluding hydrogens is 155 g/mol. The van der Waals surface area contributed by atoms with Gasteiger partial charge >= 0.3 is 0 Å². The minimum Gasteiger partial charge on any atom is -0.324 e. The SMILES string of the molecule is C[P@]1(=O)CC[C@H]2CCCC[C@H]21. The quantitative estimate of drug-likeness (QED) is 0.513. The van der Waals surface area contributed by atoms with Crippen molar-refractivity contribution < 1.29 is 4.57 Å². The fourth-order valence-electron chi connectivity index (χ4n) is 2.83. The van der Waals surface area contributed by atoms with Gasteiger partial charge in [-0.25, -0.2) is 0 Å². The molecule has 1 aliphatic heterocycles. The highest BCUT2D eigenvalue weighted by atomic mass is 31.2. The van der Waals surface area contributed by atoms with Crippen molar-refractivity contribution in [2.75, 3.05) is 12.8 Å². The monoisotopic (exact) mass is 172 g/mol. The summed E-state index contributed by atoms with van der Waals surface area (Å²) in [7, 11) is -1.67. The average Bonchev–Trinajstić information content (AvgIpc) is 2.29. The Morgan fingerprint density at radius 3 is 2.64 bits per heavy atom. The van der Waals surface area contributed by atoms with Crippen LogP contribution >= 0.6 is 7.14 Å². The van der Waals surface area contributed by atoms with Crippen LogP contribution in [0.1, 0.15) is 32.1 Å². The zero-order valence-corrected chi connectivity index (χ0v) is 8.15. The van der Waals surface area contributed by atoms with Gasteiger partial charge in [-0.2, -0.15) is 0 Å². The van der Waals surface area contributed by atoms with Crippen LogP contribution in [0.3, 0.4) is 0 Å². The maximum atomic E-state index is 12.0. The van der Waals surface area contributed by atoms with E-state index in [9.17, 15) is 4.57 Å². The van der Waals surface area contributed by atoms with Crippen LogP contribution in [-0.2, 0) is 4.57 Å². The fraction of sp³-hybridized carbons (Fsp3) is 1.00. The molecule has 0 radical (unpaired) electrons. The first-order chi connectivity index (χ1) is 5.20. The smallest absolute Gasteiger partial charge is 0.0880 e. The maximum absolute atomic E-state index is 12.0. The molecule has 11 heavy (non-hydrogen) atoms. The Labute approximate surface area is 68.9 Å². The molecular formula is C9H17OP. The second-order valence-electron chi connectivity index (χ2n) is 4.30. The maximum Gasteiger partial charge on any atom is 0.0880 e. The first kappa shape index (κ1) is 7.86. The first-order valence-corrected chi connectivity index (χ1v) is 7.17. The molecule has 2 rings (SSSR count). The van der Waals surface area contributed by atoms with Gasteiger partial charge in [0.2, 0.25) is 0 Å². The zero-order chi connectivity index (χ0) is 7.90. The summed E-state index contributed by atoms with van der Waals surface area (Å²) in [6, 6.07) is 0. The summed E-state index contributed by atoms with van der Waals surface area (Å²) in [5.74, 6) is 0.847. The van der Waals surface area contributed by atoms with Crippen molar-refractivity contribution in [2.24, 2.45) is 5.92 Å². The van der Waals surface area contributed by atoms with Crippen LogP contribution in [0.15, 0.2) is 0 Å². The molecule has 1 saturated carbocycles. The third-order valence-electron chi connectivity index (χ3n) is 3.51. The zero-order valence-electron chi connectivity index (χ0n) is 7.25. The molecule has 1 nitrogen and oxygen atoms in total. The Hall–Kier alpha value is 0.230. The standard InChI is InChI=1S/C9H17OP/c1-11(10)7-6-8-4-2-3-5-9(8)11/h8-9H,2-7H2,1H3/t8-,9-,11+/m1/s1. The van der Waals surface area contributed by atoms with Gasteiger partial charge in [0, 0.05) is 11.8 Å². The summed E-state index contributed by atoms with van der Waals surface area (Å²) in [6.07, 6.45) is 7.65. The first-order valence-electron chi connectivity index (χ1n) is 4.76. The molecule has 1 saturated heterocycles. The summed E-state index contributed by atoms with van der Waals surface area (Å²) in [4.78, 5) is 0. The summed E-state index contributed by atoms with van der Waals surface area (Å²) >= 11 is 0. The Morgan fingerprint density at radius 1 is 1.18 bits per heavy atom. The van der Waals surface area contributed by atoms with E-state index >= 15 is 0 Å². The van der Waals surface area contributed by atoms with Gasteiger partial charge in [0.05, 0.1) is 7.14 Å². The molecule has 0 spiro atoms. The topological polar surface area (TPSA) is 17.1 Å². The van der Waals surface area contributed by atoms with E-state index in [1.807, 2.05) is 6.66 Å². The van der Waals surface area contributed by atoms with E-state index in [1.165, 1.54) is 32.1 Å². The van der Waals surface area contributed by atoms with Crippen molar-refractivity contribution in [2.45, 2.75) is 37.8 Å². The summed E-state index contributed by atoms with van der Waals surface area (Å²) in [6.45, 7) is 2.03. The largest absolute Gasteiger partial charge is 0.324 e. The summed E-state index contributed by atoms with van der Waals surface area (Å²) in [5.41, 5.74) is 0.635. The fourth-order valence-corrected chi connectivity index (χ4v) is 5.93. The predicted molar refractivity (Wildman–Crippen MR) is 48.8 cm³/mol. The number of rotatable bonds is 0. The summed E-state index contributed by atoms with van der Waals surface area (Å²) in [5, 5.41) is 0. The second-order valence-corrected chi connectivity index (χ2v) is 7.76.